The van der Waals surface area contributed by atoms with Gasteiger partial charge in [0.1, 0.15) is 11.5 Å². The molecule has 2 atom stereocenters. The van der Waals surface area contributed by atoms with E-state index in [2.05, 4.69) is 36.2 Å². The lowest BCUT2D eigenvalue weighted by atomic mass is 9.84. The number of hydrogen-bond donors (Lipinski definition) is 1. The van der Waals surface area contributed by atoms with Gasteiger partial charge in [-0.25, -0.2) is 0 Å². The lowest BCUT2D eigenvalue weighted by molar-refractivity contribution is 0.401. The van der Waals surface area contributed by atoms with Crippen molar-refractivity contribution in [1.82, 2.24) is 4.90 Å². The van der Waals surface area contributed by atoms with Crippen LogP contribution in [-0.4, -0.2) is 38.0 Å². The molecule has 0 saturated carbocycles. The van der Waals surface area contributed by atoms with Crippen LogP contribution in [0.15, 0.2) is 77.7 Å². The minimum absolute atomic E-state index is 0.0741. The van der Waals surface area contributed by atoms with Gasteiger partial charge in [0.15, 0.2) is 0 Å². The van der Waals surface area contributed by atoms with Crippen LogP contribution in [0.3, 0.4) is 0 Å². The van der Waals surface area contributed by atoms with Gasteiger partial charge in [-0.3, -0.25) is 4.55 Å². The second kappa shape index (κ2) is 8.40. The van der Waals surface area contributed by atoms with E-state index in [1.54, 1.807) is 18.2 Å². The summed E-state index contributed by atoms with van der Waals surface area (Å²) in [6, 6.07) is 21.8. The van der Waals surface area contributed by atoms with E-state index in [4.69, 9.17) is 20.9 Å². The first-order chi connectivity index (χ1) is 14.3. The van der Waals surface area contributed by atoms with E-state index in [0.29, 0.717) is 11.8 Å². The highest BCUT2D eigenvalue weighted by molar-refractivity contribution is 7.85. The second-order valence-corrected chi connectivity index (χ2v) is 9.40. The van der Waals surface area contributed by atoms with Crippen molar-refractivity contribution in [1.29, 1.82) is 0 Å². The topological polar surface area (TPSA) is 66.8 Å². The van der Waals surface area contributed by atoms with Gasteiger partial charge in [0, 0.05) is 35.5 Å². The Bertz CT molecular complexity index is 1150. The number of likely N-dealkylation sites (tertiary alicyclic amines) is 1. The number of nitrogens with zero attached hydrogens (tertiary/aromatic N) is 1. The predicted octanol–water partition coefficient (Wildman–Crippen LogP) is 5.19. The smallest absolute Gasteiger partial charge is 0.294 e. The molecule has 1 fully saturated rings. The summed E-state index contributed by atoms with van der Waals surface area (Å²) >= 11 is 6.20. The van der Waals surface area contributed by atoms with E-state index in [1.807, 2.05) is 18.2 Å². The number of hydrogen-bond acceptors (Lipinski definition) is 4. The van der Waals surface area contributed by atoms with Crippen LogP contribution in [0.4, 0.5) is 0 Å². The zero-order chi connectivity index (χ0) is 21.3. The van der Waals surface area contributed by atoms with Crippen LogP contribution < -0.4 is 4.74 Å². The summed E-state index contributed by atoms with van der Waals surface area (Å²) in [6.45, 7) is 2.12. The van der Waals surface area contributed by atoms with Crippen molar-refractivity contribution >= 4 is 21.7 Å². The third-order valence-electron chi connectivity index (χ3n) is 5.45. The maximum Gasteiger partial charge on any atom is 0.294 e. The van der Waals surface area contributed by atoms with Crippen molar-refractivity contribution in [2.24, 2.45) is 0 Å². The fourth-order valence-corrected chi connectivity index (χ4v) is 4.81. The van der Waals surface area contributed by atoms with Crippen LogP contribution in [0, 0.1) is 0 Å². The number of halogens is 1. The van der Waals surface area contributed by atoms with Crippen molar-refractivity contribution in [3.05, 3.63) is 88.9 Å². The zero-order valence-corrected chi connectivity index (χ0v) is 18.0. The fourth-order valence-electron chi connectivity index (χ4n) is 4.12. The first kappa shape index (κ1) is 20.9. The molecule has 0 amide bonds. The SMILES string of the molecule is CN1C[C@H]2c3ccccc3Oc3ccc(Cl)cc3[C@@H]2C1.O=S(=O)(O)c1ccccc1. The number of rotatable bonds is 1. The van der Waals surface area contributed by atoms with Gasteiger partial charge in [0.25, 0.3) is 10.1 Å². The standard InChI is InChI=1S/C17H16ClNO.C6H6O3S/c1-19-9-14-12-4-2-3-5-16(12)20-17-7-6-11(18)8-13(17)15(14)10-19;7-10(8,9)6-4-2-1-3-5-6/h2-8,14-15H,9-10H2,1H3;1-5H,(H,7,8,9)/t14-,15-;/m0./s1. The number of benzene rings is 3. The van der Waals surface area contributed by atoms with E-state index in [-0.39, 0.29) is 4.90 Å². The summed E-state index contributed by atoms with van der Waals surface area (Å²) in [5, 5.41) is 0.784. The minimum atomic E-state index is -4.00. The lowest BCUT2D eigenvalue weighted by Gasteiger charge is -2.17. The van der Waals surface area contributed by atoms with Gasteiger partial charge in [-0.15, -0.1) is 0 Å². The molecule has 1 saturated heterocycles. The Morgan fingerprint density at radius 2 is 1.50 bits per heavy atom. The van der Waals surface area contributed by atoms with E-state index in [0.717, 1.165) is 29.6 Å². The Kier molecular flexibility index (Phi) is 5.84. The molecule has 5 nitrogen and oxygen atoms in total. The molecular formula is C23H22ClNO4S. The highest BCUT2D eigenvalue weighted by Gasteiger charge is 2.38. The van der Waals surface area contributed by atoms with E-state index >= 15 is 0 Å². The summed E-state index contributed by atoms with van der Waals surface area (Å²) in [4.78, 5) is 2.32. The average Bonchev–Trinajstić information content (AvgIpc) is 3.06. The largest absolute Gasteiger partial charge is 0.457 e. The Hall–Kier alpha value is -2.38. The molecule has 7 heteroatoms. The molecule has 1 N–H and O–H groups in total. The molecule has 0 bridgehead atoms. The van der Waals surface area contributed by atoms with Gasteiger partial charge in [-0.1, -0.05) is 48.0 Å². The Labute approximate surface area is 181 Å². The number of likely N-dealkylation sites (N-methyl/N-ethyl adjacent to an activating group) is 1. The van der Waals surface area contributed by atoms with E-state index in [1.165, 1.54) is 23.3 Å². The summed E-state index contributed by atoms with van der Waals surface area (Å²) in [7, 11) is -1.82. The normalized spacial score (nSPS) is 20.0. The van der Waals surface area contributed by atoms with E-state index in [9.17, 15) is 8.42 Å². The van der Waals surface area contributed by atoms with Crippen molar-refractivity contribution < 1.29 is 17.7 Å². The molecule has 3 aromatic carbocycles. The fraction of sp³-hybridized carbons (Fsp3) is 0.217. The minimum Gasteiger partial charge on any atom is -0.457 e. The summed E-state index contributed by atoms with van der Waals surface area (Å²) < 4.78 is 35.4. The number of fused-ring (bicyclic) bond motifs is 5. The second-order valence-electron chi connectivity index (χ2n) is 7.54. The first-order valence-electron chi connectivity index (χ1n) is 9.60. The van der Waals surface area contributed by atoms with Crippen molar-refractivity contribution in [2.75, 3.05) is 20.1 Å². The van der Waals surface area contributed by atoms with Crippen LogP contribution in [0.1, 0.15) is 23.0 Å². The summed E-state index contributed by atoms with van der Waals surface area (Å²) in [5.41, 5.74) is 2.55. The highest BCUT2D eigenvalue weighted by atomic mass is 35.5. The zero-order valence-electron chi connectivity index (χ0n) is 16.4. The molecule has 5 rings (SSSR count). The molecule has 3 aromatic rings. The molecule has 2 aliphatic rings. The van der Waals surface area contributed by atoms with Gasteiger partial charge in [-0.05, 0) is 49.0 Å². The maximum atomic E-state index is 10.4. The Morgan fingerprint density at radius 3 is 2.17 bits per heavy atom. The van der Waals surface area contributed by atoms with Crippen LogP contribution >= 0.6 is 11.6 Å². The third-order valence-corrected chi connectivity index (χ3v) is 6.56. The Balaban J connectivity index is 0.000000185. The van der Waals surface area contributed by atoms with Gasteiger partial charge in [0.05, 0.1) is 4.90 Å². The van der Waals surface area contributed by atoms with Crippen LogP contribution in [0.2, 0.25) is 5.02 Å². The molecule has 0 spiro atoms. The average molecular weight is 444 g/mol. The van der Waals surface area contributed by atoms with Gasteiger partial charge in [0.2, 0.25) is 0 Å². The lowest BCUT2D eigenvalue weighted by Crippen LogP contribution is -2.14. The molecule has 2 aliphatic heterocycles. The van der Waals surface area contributed by atoms with Crippen LogP contribution in [0.5, 0.6) is 11.5 Å². The van der Waals surface area contributed by atoms with Gasteiger partial charge >= 0.3 is 0 Å². The Morgan fingerprint density at radius 1 is 0.900 bits per heavy atom. The molecule has 2 heterocycles. The molecular weight excluding hydrogens is 422 g/mol. The maximum absolute atomic E-state index is 10.4. The monoisotopic (exact) mass is 443 g/mol. The van der Waals surface area contributed by atoms with Crippen LogP contribution in [0.25, 0.3) is 0 Å². The predicted molar refractivity (Wildman–Crippen MR) is 117 cm³/mol. The molecule has 0 radical (unpaired) electrons. The molecule has 30 heavy (non-hydrogen) atoms. The molecule has 0 unspecified atom stereocenters. The van der Waals surface area contributed by atoms with Crippen LogP contribution in [-0.2, 0) is 10.1 Å². The molecule has 156 valence electrons. The van der Waals surface area contributed by atoms with Crippen molar-refractivity contribution in [3.8, 4) is 11.5 Å². The number of ether oxygens (including phenoxy) is 1. The number of para-hydroxylation sites is 1. The molecule has 0 aliphatic carbocycles. The molecule has 0 aromatic heterocycles. The van der Waals surface area contributed by atoms with Crippen molar-refractivity contribution in [2.45, 2.75) is 16.7 Å². The summed E-state index contributed by atoms with van der Waals surface area (Å²) in [5.74, 6) is 2.87. The highest BCUT2D eigenvalue weighted by Crippen LogP contribution is 2.49. The van der Waals surface area contributed by atoms with Gasteiger partial charge < -0.3 is 9.64 Å². The third kappa shape index (κ3) is 4.37. The first-order valence-corrected chi connectivity index (χ1v) is 11.4. The van der Waals surface area contributed by atoms with Crippen molar-refractivity contribution in [3.63, 3.8) is 0 Å². The van der Waals surface area contributed by atoms with E-state index < -0.39 is 10.1 Å². The summed E-state index contributed by atoms with van der Waals surface area (Å²) in [6.07, 6.45) is 0. The van der Waals surface area contributed by atoms with Gasteiger partial charge in [-0.2, -0.15) is 8.42 Å². The quantitative estimate of drug-likeness (QED) is 0.524.